The van der Waals surface area contributed by atoms with Gasteiger partial charge in [-0.25, -0.2) is 0 Å². The monoisotopic (exact) mass is 358 g/mol. The number of benzene rings is 1. The minimum Gasteiger partial charge on any atom is -0.493 e. The molecular formula is C21H30N2O3. The molecule has 0 spiro atoms. The van der Waals surface area contributed by atoms with Crippen LogP contribution in [0.5, 0.6) is 11.5 Å². The Morgan fingerprint density at radius 1 is 1.27 bits per heavy atom. The Morgan fingerprint density at radius 2 is 2.00 bits per heavy atom. The van der Waals surface area contributed by atoms with Crippen molar-refractivity contribution in [3.63, 3.8) is 0 Å². The van der Waals surface area contributed by atoms with Crippen molar-refractivity contribution >= 4 is 5.91 Å². The lowest BCUT2D eigenvalue weighted by Gasteiger charge is -2.29. The van der Waals surface area contributed by atoms with Gasteiger partial charge in [-0.15, -0.1) is 0 Å². The van der Waals surface area contributed by atoms with E-state index in [9.17, 15) is 10.1 Å². The van der Waals surface area contributed by atoms with Crippen molar-refractivity contribution < 1.29 is 14.3 Å². The highest BCUT2D eigenvalue weighted by Crippen LogP contribution is 2.36. The normalized spacial score (nSPS) is 16.0. The van der Waals surface area contributed by atoms with Crippen LogP contribution in [0.25, 0.3) is 0 Å². The molecule has 0 aliphatic heterocycles. The maximum absolute atomic E-state index is 12.6. The molecule has 1 fully saturated rings. The summed E-state index contributed by atoms with van der Waals surface area (Å²) in [6, 6.07) is 7.94. The summed E-state index contributed by atoms with van der Waals surface area (Å²) in [5.74, 6) is 1.80. The first-order valence-corrected chi connectivity index (χ1v) is 9.50. The van der Waals surface area contributed by atoms with Crippen LogP contribution in [0.15, 0.2) is 18.2 Å². The maximum atomic E-state index is 12.6. The summed E-state index contributed by atoms with van der Waals surface area (Å²) in [6.07, 6.45) is 5.28. The molecule has 0 bridgehead atoms. The van der Waals surface area contributed by atoms with Gasteiger partial charge in [0.05, 0.1) is 19.8 Å². The molecule has 1 aromatic carbocycles. The smallest absolute Gasteiger partial charge is 0.240 e. The topological polar surface area (TPSA) is 71.3 Å². The zero-order chi connectivity index (χ0) is 19.0. The summed E-state index contributed by atoms with van der Waals surface area (Å²) in [4.78, 5) is 12.6. The van der Waals surface area contributed by atoms with E-state index in [4.69, 9.17) is 9.47 Å². The number of hydrogen-bond acceptors (Lipinski definition) is 4. The number of carbonyl (C=O) groups excluding carboxylic acids is 1. The van der Waals surface area contributed by atoms with Crippen molar-refractivity contribution in [3.05, 3.63) is 23.8 Å². The number of nitriles is 1. The number of amides is 1. The molecule has 0 radical (unpaired) electrons. The van der Waals surface area contributed by atoms with Gasteiger partial charge in [-0.3, -0.25) is 4.79 Å². The fraction of sp³-hybridized carbons (Fsp3) is 0.619. The van der Waals surface area contributed by atoms with Gasteiger partial charge >= 0.3 is 0 Å². The van der Waals surface area contributed by atoms with Gasteiger partial charge in [0.25, 0.3) is 0 Å². The summed E-state index contributed by atoms with van der Waals surface area (Å²) < 4.78 is 11.2. The first kappa shape index (κ1) is 20.1. The number of rotatable bonds is 8. The molecular weight excluding hydrogens is 328 g/mol. The van der Waals surface area contributed by atoms with Gasteiger partial charge in [-0.1, -0.05) is 39.2 Å². The largest absolute Gasteiger partial charge is 0.493 e. The van der Waals surface area contributed by atoms with E-state index < -0.39 is 5.41 Å². The molecule has 1 aromatic rings. The zero-order valence-electron chi connectivity index (χ0n) is 16.1. The number of nitrogens with zero attached hydrogens (tertiary/aromatic N) is 1. The lowest BCUT2D eigenvalue weighted by Crippen LogP contribution is -2.41. The van der Waals surface area contributed by atoms with E-state index in [0.29, 0.717) is 43.4 Å². The first-order valence-electron chi connectivity index (χ1n) is 9.50. The molecule has 1 aliphatic rings. The summed E-state index contributed by atoms with van der Waals surface area (Å²) in [5, 5.41) is 12.4. The second-order valence-electron chi connectivity index (χ2n) is 7.45. The van der Waals surface area contributed by atoms with E-state index >= 15 is 0 Å². The third kappa shape index (κ3) is 5.14. The summed E-state index contributed by atoms with van der Waals surface area (Å²) in [7, 11) is 1.61. The predicted octanol–water partition coefficient (Wildman–Crippen LogP) is 4.21. The standard InChI is InChI=1S/C21H30N2O3/c1-16(2)9-12-26-18-8-7-17(13-19(18)25-3)14-23-20(24)21(15-22)10-5-4-6-11-21/h7-8,13,16H,4-6,9-12,14H2,1-3H3,(H,23,24). The van der Waals surface area contributed by atoms with Crippen LogP contribution >= 0.6 is 0 Å². The molecule has 2 rings (SSSR count). The van der Waals surface area contributed by atoms with Gasteiger partial charge < -0.3 is 14.8 Å². The molecule has 0 unspecified atom stereocenters. The third-order valence-electron chi connectivity index (χ3n) is 4.99. The Hall–Kier alpha value is -2.22. The highest BCUT2D eigenvalue weighted by Gasteiger charge is 2.39. The van der Waals surface area contributed by atoms with Crippen LogP contribution in [0, 0.1) is 22.7 Å². The van der Waals surface area contributed by atoms with Crippen molar-refractivity contribution in [2.45, 2.75) is 58.9 Å². The molecule has 1 amide bonds. The molecule has 5 nitrogen and oxygen atoms in total. The lowest BCUT2D eigenvalue weighted by atomic mass is 9.74. The van der Waals surface area contributed by atoms with Crippen LogP contribution in [0.4, 0.5) is 0 Å². The lowest BCUT2D eigenvalue weighted by molar-refractivity contribution is -0.129. The molecule has 1 saturated carbocycles. The number of methoxy groups -OCH3 is 1. The van der Waals surface area contributed by atoms with Crippen LogP contribution < -0.4 is 14.8 Å². The van der Waals surface area contributed by atoms with Gasteiger partial charge in [0.1, 0.15) is 5.41 Å². The van der Waals surface area contributed by atoms with Crippen LogP contribution in [-0.2, 0) is 11.3 Å². The maximum Gasteiger partial charge on any atom is 0.240 e. The van der Waals surface area contributed by atoms with Crippen molar-refractivity contribution in [2.24, 2.45) is 11.3 Å². The van der Waals surface area contributed by atoms with Crippen molar-refractivity contribution in [1.82, 2.24) is 5.32 Å². The average molecular weight is 358 g/mol. The van der Waals surface area contributed by atoms with Gasteiger partial charge in [0.15, 0.2) is 11.5 Å². The SMILES string of the molecule is COc1cc(CNC(=O)C2(C#N)CCCCC2)ccc1OCCC(C)C. The average Bonchev–Trinajstić information content (AvgIpc) is 2.66. The zero-order valence-corrected chi connectivity index (χ0v) is 16.1. The van der Waals surface area contributed by atoms with Crippen LogP contribution in [-0.4, -0.2) is 19.6 Å². The minimum atomic E-state index is -0.859. The van der Waals surface area contributed by atoms with E-state index in [0.717, 1.165) is 31.2 Å². The molecule has 0 aromatic heterocycles. The third-order valence-corrected chi connectivity index (χ3v) is 4.99. The Labute approximate surface area is 156 Å². The summed E-state index contributed by atoms with van der Waals surface area (Å²) in [5.41, 5.74) is 0.0673. The molecule has 1 N–H and O–H groups in total. The Morgan fingerprint density at radius 3 is 2.62 bits per heavy atom. The van der Waals surface area contributed by atoms with E-state index in [1.165, 1.54) is 0 Å². The van der Waals surface area contributed by atoms with Gasteiger partial charge in [-0.05, 0) is 42.9 Å². The predicted molar refractivity (Wildman–Crippen MR) is 101 cm³/mol. The molecule has 0 atom stereocenters. The Kier molecular flexibility index (Phi) is 7.32. The molecule has 1 aliphatic carbocycles. The molecule has 0 saturated heterocycles. The molecule has 26 heavy (non-hydrogen) atoms. The van der Waals surface area contributed by atoms with E-state index in [1.807, 2.05) is 18.2 Å². The summed E-state index contributed by atoms with van der Waals surface area (Å²) >= 11 is 0. The van der Waals surface area contributed by atoms with E-state index in [1.54, 1.807) is 7.11 Å². The van der Waals surface area contributed by atoms with Crippen LogP contribution in [0.1, 0.15) is 57.9 Å². The molecule has 0 heterocycles. The summed E-state index contributed by atoms with van der Waals surface area (Å²) in [6.45, 7) is 5.35. The number of hydrogen-bond donors (Lipinski definition) is 1. The number of carbonyl (C=O) groups is 1. The van der Waals surface area contributed by atoms with Crippen molar-refractivity contribution in [3.8, 4) is 17.6 Å². The fourth-order valence-corrected chi connectivity index (χ4v) is 3.24. The number of ether oxygens (including phenoxy) is 2. The van der Waals surface area contributed by atoms with Crippen LogP contribution in [0.2, 0.25) is 0 Å². The highest BCUT2D eigenvalue weighted by atomic mass is 16.5. The van der Waals surface area contributed by atoms with Gasteiger partial charge in [-0.2, -0.15) is 5.26 Å². The fourth-order valence-electron chi connectivity index (χ4n) is 3.24. The quantitative estimate of drug-likeness (QED) is 0.755. The Bertz CT molecular complexity index is 643. The van der Waals surface area contributed by atoms with Gasteiger partial charge in [0, 0.05) is 6.54 Å². The second-order valence-corrected chi connectivity index (χ2v) is 7.45. The first-order chi connectivity index (χ1) is 12.5. The minimum absolute atomic E-state index is 0.157. The van der Waals surface area contributed by atoms with Crippen molar-refractivity contribution in [1.29, 1.82) is 5.26 Å². The Balaban J connectivity index is 1.97. The van der Waals surface area contributed by atoms with Crippen molar-refractivity contribution in [2.75, 3.05) is 13.7 Å². The van der Waals surface area contributed by atoms with E-state index in [2.05, 4.69) is 25.2 Å². The van der Waals surface area contributed by atoms with E-state index in [-0.39, 0.29) is 5.91 Å². The van der Waals surface area contributed by atoms with Crippen LogP contribution in [0.3, 0.4) is 0 Å². The molecule has 142 valence electrons. The van der Waals surface area contributed by atoms with Gasteiger partial charge in [0.2, 0.25) is 5.91 Å². The highest BCUT2D eigenvalue weighted by molar-refractivity contribution is 5.85. The second kappa shape index (κ2) is 9.47. The molecule has 5 heteroatoms. The number of nitrogens with one attached hydrogen (secondary N) is 1.